The van der Waals surface area contributed by atoms with Crippen LogP contribution in [0.25, 0.3) is 33.3 Å². The molecule has 1 saturated heterocycles. The number of nitrogens with two attached hydrogens (primary N) is 1. The second kappa shape index (κ2) is 8.68. The molecule has 2 aromatic heterocycles. The summed E-state index contributed by atoms with van der Waals surface area (Å²) >= 11 is 0. The standard InChI is InChI=1S/C28H28FN5/c1-17-4-7-23(18(2)10-17)28-27(19-5-6-20(13-30)25(29)11-19)24-12-22(33(3)26(24)14-32-28)16-34-9-8-21(31)15-34/h4-7,10-12,14,21H,8-9,15-16,31H2,1-3H3/t21-/m0/s1. The fourth-order valence-corrected chi connectivity index (χ4v) is 5.07. The van der Waals surface area contributed by atoms with E-state index >= 15 is 0 Å². The third kappa shape index (κ3) is 3.87. The Morgan fingerprint density at radius 2 is 2.00 bits per heavy atom. The average Bonchev–Trinajstić information content (AvgIpc) is 3.36. The normalized spacial score (nSPS) is 16.3. The van der Waals surface area contributed by atoms with E-state index in [-0.39, 0.29) is 11.6 Å². The Labute approximate surface area is 199 Å². The zero-order valence-electron chi connectivity index (χ0n) is 19.8. The lowest BCUT2D eigenvalue weighted by Crippen LogP contribution is -2.26. The van der Waals surface area contributed by atoms with Crippen molar-refractivity contribution >= 4 is 10.9 Å². The minimum atomic E-state index is -0.522. The highest BCUT2D eigenvalue weighted by molar-refractivity contribution is 6.02. The topological polar surface area (TPSA) is 70.9 Å². The summed E-state index contributed by atoms with van der Waals surface area (Å²) in [5.41, 5.74) is 14.0. The number of fused-ring (bicyclic) bond motifs is 1. The van der Waals surface area contributed by atoms with Crippen LogP contribution in [-0.4, -0.2) is 33.6 Å². The molecular weight excluding hydrogens is 425 g/mol. The molecule has 0 aliphatic carbocycles. The van der Waals surface area contributed by atoms with Crippen molar-refractivity contribution < 1.29 is 4.39 Å². The molecular formula is C28H28FN5. The molecule has 0 unspecified atom stereocenters. The highest BCUT2D eigenvalue weighted by Gasteiger charge is 2.23. The number of likely N-dealkylation sites (tertiary alicyclic amines) is 1. The number of benzene rings is 2. The minimum absolute atomic E-state index is 0.0380. The van der Waals surface area contributed by atoms with Crippen LogP contribution in [0.5, 0.6) is 0 Å². The summed E-state index contributed by atoms with van der Waals surface area (Å²) in [6.07, 6.45) is 2.92. The second-order valence-electron chi connectivity index (χ2n) is 9.38. The van der Waals surface area contributed by atoms with E-state index in [9.17, 15) is 9.65 Å². The summed E-state index contributed by atoms with van der Waals surface area (Å²) in [4.78, 5) is 7.27. The Hall–Kier alpha value is -3.53. The van der Waals surface area contributed by atoms with Gasteiger partial charge in [0.05, 0.1) is 23.0 Å². The number of rotatable bonds is 4. The molecule has 2 N–H and O–H groups in total. The molecule has 0 amide bonds. The van der Waals surface area contributed by atoms with E-state index in [1.54, 1.807) is 6.07 Å². The maximum absolute atomic E-state index is 14.7. The van der Waals surface area contributed by atoms with Crippen LogP contribution in [0, 0.1) is 31.0 Å². The van der Waals surface area contributed by atoms with Gasteiger partial charge in [0.2, 0.25) is 0 Å². The van der Waals surface area contributed by atoms with Gasteiger partial charge in [0.1, 0.15) is 11.9 Å². The summed E-state index contributed by atoms with van der Waals surface area (Å²) < 4.78 is 16.9. The van der Waals surface area contributed by atoms with Crippen LogP contribution in [0.4, 0.5) is 4.39 Å². The number of pyridine rings is 1. The number of nitriles is 1. The van der Waals surface area contributed by atoms with Gasteiger partial charge in [-0.3, -0.25) is 9.88 Å². The maximum atomic E-state index is 14.7. The van der Waals surface area contributed by atoms with Crippen LogP contribution in [0.2, 0.25) is 0 Å². The van der Waals surface area contributed by atoms with Crippen LogP contribution in [0.3, 0.4) is 0 Å². The van der Waals surface area contributed by atoms with E-state index in [1.807, 2.05) is 18.3 Å². The first-order chi connectivity index (χ1) is 16.4. The van der Waals surface area contributed by atoms with Crippen molar-refractivity contribution in [3.05, 3.63) is 76.9 Å². The lowest BCUT2D eigenvalue weighted by atomic mass is 9.93. The lowest BCUT2D eigenvalue weighted by Gasteiger charge is -2.15. The Morgan fingerprint density at radius 3 is 2.68 bits per heavy atom. The Balaban J connectivity index is 1.74. The third-order valence-electron chi connectivity index (χ3n) is 6.91. The molecule has 5 nitrogen and oxygen atoms in total. The summed E-state index contributed by atoms with van der Waals surface area (Å²) in [5.74, 6) is -0.522. The molecule has 0 bridgehead atoms. The minimum Gasteiger partial charge on any atom is -0.345 e. The zero-order valence-corrected chi connectivity index (χ0v) is 19.8. The zero-order chi connectivity index (χ0) is 24.0. The monoisotopic (exact) mass is 453 g/mol. The molecule has 1 aliphatic heterocycles. The van der Waals surface area contributed by atoms with E-state index < -0.39 is 5.82 Å². The van der Waals surface area contributed by atoms with E-state index in [0.717, 1.165) is 59.3 Å². The molecule has 5 rings (SSSR count). The predicted molar refractivity (Wildman–Crippen MR) is 134 cm³/mol. The van der Waals surface area contributed by atoms with E-state index in [1.165, 1.54) is 17.3 Å². The fraction of sp³-hybridized carbons (Fsp3) is 0.286. The van der Waals surface area contributed by atoms with Crippen molar-refractivity contribution in [1.29, 1.82) is 5.26 Å². The van der Waals surface area contributed by atoms with E-state index in [4.69, 9.17) is 10.7 Å². The Kier molecular flexibility index (Phi) is 5.68. The van der Waals surface area contributed by atoms with Crippen LogP contribution in [-0.2, 0) is 13.6 Å². The van der Waals surface area contributed by atoms with Crippen molar-refractivity contribution in [2.75, 3.05) is 13.1 Å². The van der Waals surface area contributed by atoms with E-state index in [0.29, 0.717) is 5.56 Å². The van der Waals surface area contributed by atoms with Gasteiger partial charge < -0.3 is 10.3 Å². The van der Waals surface area contributed by atoms with Gasteiger partial charge in [0.25, 0.3) is 0 Å². The highest BCUT2D eigenvalue weighted by Crippen LogP contribution is 2.39. The van der Waals surface area contributed by atoms with Gasteiger partial charge >= 0.3 is 0 Å². The molecule has 172 valence electrons. The first-order valence-electron chi connectivity index (χ1n) is 11.6. The molecule has 6 heteroatoms. The van der Waals surface area contributed by atoms with Gasteiger partial charge in [-0.15, -0.1) is 0 Å². The fourth-order valence-electron chi connectivity index (χ4n) is 5.07. The third-order valence-corrected chi connectivity index (χ3v) is 6.91. The number of hydrogen-bond acceptors (Lipinski definition) is 4. The van der Waals surface area contributed by atoms with Gasteiger partial charge in [-0.2, -0.15) is 5.26 Å². The number of aromatic nitrogens is 2. The van der Waals surface area contributed by atoms with Crippen LogP contribution in [0.1, 0.15) is 28.8 Å². The van der Waals surface area contributed by atoms with Gasteiger partial charge in [-0.25, -0.2) is 4.39 Å². The molecule has 0 radical (unpaired) electrons. The van der Waals surface area contributed by atoms with Crippen molar-refractivity contribution in [2.45, 2.75) is 32.9 Å². The quantitative estimate of drug-likeness (QED) is 0.468. The predicted octanol–water partition coefficient (Wildman–Crippen LogP) is 5.07. The molecule has 2 aromatic carbocycles. The van der Waals surface area contributed by atoms with Crippen LogP contribution < -0.4 is 5.73 Å². The molecule has 0 spiro atoms. The maximum Gasteiger partial charge on any atom is 0.141 e. The van der Waals surface area contributed by atoms with Gasteiger partial charge in [-0.1, -0.05) is 29.8 Å². The summed E-state index contributed by atoms with van der Waals surface area (Å²) in [6, 6.07) is 15.4. The Morgan fingerprint density at radius 1 is 1.18 bits per heavy atom. The van der Waals surface area contributed by atoms with Crippen LogP contribution >= 0.6 is 0 Å². The van der Waals surface area contributed by atoms with Crippen molar-refractivity contribution in [3.63, 3.8) is 0 Å². The largest absolute Gasteiger partial charge is 0.345 e. The molecule has 1 atom stereocenters. The van der Waals surface area contributed by atoms with Gasteiger partial charge in [0.15, 0.2) is 0 Å². The highest BCUT2D eigenvalue weighted by atomic mass is 19.1. The summed E-state index contributed by atoms with van der Waals surface area (Å²) in [6.45, 7) is 6.82. The summed E-state index contributed by atoms with van der Waals surface area (Å²) in [5, 5.41) is 10.2. The number of aryl methyl sites for hydroxylation is 3. The van der Waals surface area contributed by atoms with Gasteiger partial charge in [0, 0.05) is 54.9 Å². The first kappa shape index (κ1) is 22.3. The first-order valence-corrected chi connectivity index (χ1v) is 11.6. The van der Waals surface area contributed by atoms with E-state index in [2.05, 4.69) is 54.6 Å². The van der Waals surface area contributed by atoms with Crippen LogP contribution in [0.15, 0.2) is 48.7 Å². The van der Waals surface area contributed by atoms with Crippen molar-refractivity contribution in [2.24, 2.45) is 12.8 Å². The number of nitrogens with zero attached hydrogens (tertiary/aromatic N) is 4. The molecule has 0 saturated carbocycles. The SMILES string of the molecule is Cc1ccc(-c2ncc3c(cc(CN4CC[C@H](N)C4)n3C)c2-c2ccc(C#N)c(F)c2)c(C)c1. The average molecular weight is 454 g/mol. The van der Waals surface area contributed by atoms with Crippen molar-refractivity contribution in [1.82, 2.24) is 14.5 Å². The Bertz CT molecular complexity index is 1450. The lowest BCUT2D eigenvalue weighted by molar-refractivity contribution is 0.319. The van der Waals surface area contributed by atoms with Gasteiger partial charge in [-0.05, 0) is 49.6 Å². The molecule has 4 aromatic rings. The molecule has 1 aliphatic rings. The summed E-state index contributed by atoms with van der Waals surface area (Å²) in [7, 11) is 2.05. The molecule has 34 heavy (non-hydrogen) atoms. The van der Waals surface area contributed by atoms with Crippen molar-refractivity contribution in [3.8, 4) is 28.5 Å². The number of halogens is 1. The smallest absolute Gasteiger partial charge is 0.141 e. The second-order valence-corrected chi connectivity index (χ2v) is 9.38. The molecule has 3 heterocycles. The number of hydrogen-bond donors (Lipinski definition) is 1. The molecule has 1 fully saturated rings.